The second-order valence-electron chi connectivity index (χ2n) is 4.38. The summed E-state index contributed by atoms with van der Waals surface area (Å²) in [4.78, 5) is -0.685. The summed E-state index contributed by atoms with van der Waals surface area (Å²) in [5, 5.41) is 0. The minimum absolute atomic E-state index is 0.0885. The Morgan fingerprint density at radius 1 is 1.14 bits per heavy atom. The van der Waals surface area contributed by atoms with Crippen LogP contribution in [0.3, 0.4) is 0 Å². The molecule has 0 saturated heterocycles. The van der Waals surface area contributed by atoms with Crippen LogP contribution in [0.25, 0.3) is 0 Å². The van der Waals surface area contributed by atoms with Crippen molar-refractivity contribution >= 4 is 31.6 Å². The molecule has 1 N–H and O–H groups in total. The molecule has 1 unspecified atom stereocenters. The first-order valence-electron chi connectivity index (χ1n) is 6.02. The largest absolute Gasteiger partial charge is 0.279 e. The molecular weight excluding hydrogens is 364 g/mol. The topological polar surface area (TPSA) is 46.2 Å². The number of sulfonamides is 1. The second-order valence-corrected chi connectivity index (χ2v) is 7.41. The molecule has 0 heterocycles. The summed E-state index contributed by atoms with van der Waals surface area (Å²) in [5.74, 6) is -1.96. The molecule has 21 heavy (non-hydrogen) atoms. The molecule has 112 valence electrons. The number of alkyl halides is 1. The average Bonchev–Trinajstić information content (AvgIpc) is 2.37. The average molecular weight is 376 g/mol. The molecule has 0 amide bonds. The van der Waals surface area contributed by atoms with E-state index in [0.717, 1.165) is 12.1 Å². The summed E-state index contributed by atoms with van der Waals surface area (Å²) in [7, 11) is -4.13. The maximum atomic E-state index is 13.6. The van der Waals surface area contributed by atoms with Gasteiger partial charge < -0.3 is 0 Å². The summed E-state index contributed by atoms with van der Waals surface area (Å²) in [6.45, 7) is 1.84. The van der Waals surface area contributed by atoms with E-state index in [9.17, 15) is 17.2 Å². The fourth-order valence-corrected chi connectivity index (χ4v) is 3.38. The molecule has 0 aromatic heterocycles. The van der Waals surface area contributed by atoms with Crippen LogP contribution in [0, 0.1) is 11.6 Å². The van der Waals surface area contributed by atoms with E-state index >= 15 is 0 Å². The molecule has 0 aliphatic rings. The molecule has 0 radical (unpaired) electrons. The van der Waals surface area contributed by atoms with E-state index in [1.165, 1.54) is 0 Å². The fourth-order valence-electron chi connectivity index (χ4n) is 1.83. The molecule has 2 aromatic carbocycles. The summed E-state index contributed by atoms with van der Waals surface area (Å²) in [6, 6.07) is 9.09. The molecule has 0 bridgehead atoms. The first-order valence-corrected chi connectivity index (χ1v) is 8.42. The molecule has 7 heteroatoms. The summed E-state index contributed by atoms with van der Waals surface area (Å²) < 4.78 is 53.3. The first kappa shape index (κ1) is 15.9. The standard InChI is InChI=1S/C14H12BrF2NO2S/c1-9(15)11-4-2-3-5-13(11)18-21(19,20)14-7-6-10(16)8-12(14)17/h2-9,18H,1H3. The van der Waals surface area contributed by atoms with Gasteiger partial charge in [-0.15, -0.1) is 0 Å². The zero-order chi connectivity index (χ0) is 15.6. The Hall–Kier alpha value is -1.47. The van der Waals surface area contributed by atoms with Gasteiger partial charge in [-0.2, -0.15) is 0 Å². The van der Waals surface area contributed by atoms with Crippen molar-refractivity contribution in [3.8, 4) is 0 Å². The Kier molecular flexibility index (Phi) is 4.63. The zero-order valence-corrected chi connectivity index (χ0v) is 13.4. The zero-order valence-electron chi connectivity index (χ0n) is 11.0. The van der Waals surface area contributed by atoms with E-state index in [0.29, 0.717) is 17.3 Å². The van der Waals surface area contributed by atoms with Crippen molar-refractivity contribution in [2.75, 3.05) is 4.72 Å². The lowest BCUT2D eigenvalue weighted by Crippen LogP contribution is -2.16. The minimum atomic E-state index is -4.13. The molecule has 0 aliphatic heterocycles. The van der Waals surface area contributed by atoms with Crippen molar-refractivity contribution in [2.45, 2.75) is 16.6 Å². The van der Waals surface area contributed by atoms with Crippen LogP contribution in [0.1, 0.15) is 17.3 Å². The maximum Gasteiger partial charge on any atom is 0.264 e. The van der Waals surface area contributed by atoms with Gasteiger partial charge in [-0.05, 0) is 30.7 Å². The Labute approximate surface area is 130 Å². The van der Waals surface area contributed by atoms with Crippen LogP contribution in [0.5, 0.6) is 0 Å². The number of anilines is 1. The highest BCUT2D eigenvalue weighted by Crippen LogP contribution is 2.30. The Balaban J connectivity index is 2.43. The lowest BCUT2D eigenvalue weighted by atomic mass is 10.1. The third kappa shape index (κ3) is 3.59. The van der Waals surface area contributed by atoms with Gasteiger partial charge in [0.2, 0.25) is 0 Å². The van der Waals surface area contributed by atoms with Crippen LogP contribution in [0.2, 0.25) is 0 Å². The number of benzene rings is 2. The third-order valence-corrected chi connectivity index (χ3v) is 4.71. The monoisotopic (exact) mass is 375 g/mol. The van der Waals surface area contributed by atoms with Gasteiger partial charge in [-0.1, -0.05) is 34.1 Å². The summed E-state index contributed by atoms with van der Waals surface area (Å²) in [5.41, 5.74) is 1.05. The number of nitrogens with one attached hydrogen (secondary N) is 1. The molecule has 0 saturated carbocycles. The number of para-hydroxylation sites is 1. The normalized spacial score (nSPS) is 13.0. The van der Waals surface area contributed by atoms with Crippen molar-refractivity contribution in [1.29, 1.82) is 0 Å². The Morgan fingerprint density at radius 3 is 2.43 bits per heavy atom. The van der Waals surface area contributed by atoms with Gasteiger partial charge >= 0.3 is 0 Å². The lowest BCUT2D eigenvalue weighted by Gasteiger charge is -2.14. The molecule has 1 atom stereocenters. The maximum absolute atomic E-state index is 13.6. The van der Waals surface area contributed by atoms with Crippen LogP contribution in [0.15, 0.2) is 47.4 Å². The van der Waals surface area contributed by atoms with Crippen LogP contribution >= 0.6 is 15.9 Å². The summed E-state index contributed by atoms with van der Waals surface area (Å²) in [6.07, 6.45) is 0. The van der Waals surface area contributed by atoms with E-state index in [2.05, 4.69) is 20.7 Å². The quantitative estimate of drug-likeness (QED) is 0.813. The minimum Gasteiger partial charge on any atom is -0.279 e. The molecule has 0 aliphatic carbocycles. The smallest absolute Gasteiger partial charge is 0.264 e. The van der Waals surface area contributed by atoms with E-state index in [1.54, 1.807) is 24.3 Å². The van der Waals surface area contributed by atoms with Crippen LogP contribution < -0.4 is 4.72 Å². The van der Waals surface area contributed by atoms with Gasteiger partial charge in [0.1, 0.15) is 16.5 Å². The van der Waals surface area contributed by atoms with Gasteiger partial charge in [-0.25, -0.2) is 17.2 Å². The number of hydrogen-bond donors (Lipinski definition) is 1. The highest BCUT2D eigenvalue weighted by Gasteiger charge is 2.21. The van der Waals surface area contributed by atoms with Crippen molar-refractivity contribution < 1.29 is 17.2 Å². The summed E-state index contributed by atoms with van der Waals surface area (Å²) >= 11 is 3.36. The van der Waals surface area contributed by atoms with Gasteiger partial charge in [0.05, 0.1) is 5.69 Å². The SMILES string of the molecule is CC(Br)c1ccccc1NS(=O)(=O)c1ccc(F)cc1F. The highest BCUT2D eigenvalue weighted by atomic mass is 79.9. The number of hydrogen-bond acceptors (Lipinski definition) is 2. The van der Waals surface area contributed by atoms with Crippen LogP contribution in [-0.4, -0.2) is 8.42 Å². The van der Waals surface area contributed by atoms with Gasteiger partial charge in [-0.3, -0.25) is 4.72 Å². The van der Waals surface area contributed by atoms with Crippen molar-refractivity contribution in [3.05, 3.63) is 59.7 Å². The molecular formula is C14H12BrF2NO2S. The van der Waals surface area contributed by atoms with E-state index < -0.39 is 26.6 Å². The van der Waals surface area contributed by atoms with E-state index in [-0.39, 0.29) is 4.83 Å². The van der Waals surface area contributed by atoms with Crippen molar-refractivity contribution in [1.82, 2.24) is 0 Å². The third-order valence-electron chi connectivity index (χ3n) is 2.82. The van der Waals surface area contributed by atoms with Crippen molar-refractivity contribution in [3.63, 3.8) is 0 Å². The van der Waals surface area contributed by atoms with E-state index in [1.807, 2.05) is 6.92 Å². The predicted octanol–water partition coefficient (Wildman–Crippen LogP) is 4.22. The number of rotatable bonds is 4. The van der Waals surface area contributed by atoms with Gasteiger partial charge in [0, 0.05) is 10.9 Å². The molecule has 2 rings (SSSR count). The van der Waals surface area contributed by atoms with Crippen LogP contribution in [0.4, 0.5) is 14.5 Å². The molecule has 0 spiro atoms. The molecule has 3 nitrogen and oxygen atoms in total. The van der Waals surface area contributed by atoms with Crippen molar-refractivity contribution in [2.24, 2.45) is 0 Å². The molecule has 0 fully saturated rings. The Morgan fingerprint density at radius 2 is 1.81 bits per heavy atom. The predicted molar refractivity (Wildman–Crippen MR) is 81.0 cm³/mol. The first-order chi connectivity index (χ1) is 9.81. The highest BCUT2D eigenvalue weighted by molar-refractivity contribution is 9.09. The molecule has 2 aromatic rings. The number of halogens is 3. The van der Waals surface area contributed by atoms with E-state index in [4.69, 9.17) is 0 Å². The van der Waals surface area contributed by atoms with Gasteiger partial charge in [0.15, 0.2) is 0 Å². The second kappa shape index (κ2) is 6.11. The lowest BCUT2D eigenvalue weighted by molar-refractivity contribution is 0.551. The fraction of sp³-hybridized carbons (Fsp3) is 0.143. The van der Waals surface area contributed by atoms with Gasteiger partial charge in [0.25, 0.3) is 10.0 Å². The Bertz CT molecular complexity index is 763. The van der Waals surface area contributed by atoms with Crippen LogP contribution in [-0.2, 0) is 10.0 Å².